The van der Waals surface area contributed by atoms with Crippen molar-refractivity contribution in [2.75, 3.05) is 19.5 Å². The van der Waals surface area contributed by atoms with E-state index in [0.717, 1.165) is 39.2 Å². The molecule has 0 amide bonds. The van der Waals surface area contributed by atoms with Gasteiger partial charge in [0, 0.05) is 17.9 Å². The molecule has 32 heavy (non-hydrogen) atoms. The van der Waals surface area contributed by atoms with Crippen molar-refractivity contribution in [2.45, 2.75) is 18.2 Å². The molecule has 0 atom stereocenters. The van der Waals surface area contributed by atoms with E-state index in [1.54, 1.807) is 18.9 Å². The average Bonchev–Trinajstić information content (AvgIpc) is 3.26. The highest BCUT2D eigenvalue weighted by Gasteiger charge is 2.18. The first-order valence-electron chi connectivity index (χ1n) is 10.4. The number of hydrogen-bond donors (Lipinski definition) is 1. The monoisotopic (exact) mass is 447 g/mol. The Labute approximate surface area is 191 Å². The van der Waals surface area contributed by atoms with Gasteiger partial charge in [0.15, 0.2) is 11.0 Å². The Morgan fingerprint density at radius 3 is 2.38 bits per heavy atom. The van der Waals surface area contributed by atoms with Crippen LogP contribution in [0.4, 0.5) is 0 Å². The molecular weight excluding hydrogens is 422 g/mol. The van der Waals surface area contributed by atoms with E-state index in [1.165, 1.54) is 0 Å². The van der Waals surface area contributed by atoms with E-state index in [-0.39, 0.29) is 13.2 Å². The number of rotatable bonds is 10. The maximum Gasteiger partial charge on any atom is 0.196 e. The van der Waals surface area contributed by atoms with Gasteiger partial charge in [-0.1, -0.05) is 72.4 Å². The molecule has 164 valence electrons. The maximum atomic E-state index is 9.15. The molecular formula is C25H25N3O3S. The molecule has 0 unspecified atom stereocenters. The smallest absolute Gasteiger partial charge is 0.196 e. The van der Waals surface area contributed by atoms with Crippen LogP contribution < -0.4 is 9.47 Å². The highest BCUT2D eigenvalue weighted by atomic mass is 32.2. The van der Waals surface area contributed by atoms with Crippen LogP contribution in [0.25, 0.3) is 16.8 Å². The molecule has 0 spiro atoms. The lowest BCUT2D eigenvalue weighted by Crippen LogP contribution is -2.08. The number of nitrogens with zero attached hydrogens (tertiary/aromatic N) is 3. The van der Waals surface area contributed by atoms with Crippen LogP contribution in [0.1, 0.15) is 12.2 Å². The van der Waals surface area contributed by atoms with Gasteiger partial charge in [-0.2, -0.15) is 0 Å². The Morgan fingerprint density at radius 1 is 0.875 bits per heavy atom. The Kier molecular flexibility index (Phi) is 7.42. The minimum Gasteiger partial charge on any atom is -0.495 e. The van der Waals surface area contributed by atoms with E-state index in [1.807, 2.05) is 71.3 Å². The molecule has 1 heterocycles. The van der Waals surface area contributed by atoms with Gasteiger partial charge in [-0.3, -0.25) is 4.57 Å². The lowest BCUT2D eigenvalue weighted by molar-refractivity contribution is 0.293. The van der Waals surface area contributed by atoms with Gasteiger partial charge in [0.25, 0.3) is 0 Å². The van der Waals surface area contributed by atoms with Crippen molar-refractivity contribution in [2.24, 2.45) is 0 Å². The van der Waals surface area contributed by atoms with Crippen molar-refractivity contribution in [3.05, 3.63) is 84.7 Å². The molecule has 0 fully saturated rings. The molecule has 0 aliphatic heterocycles. The molecule has 0 aliphatic carbocycles. The molecule has 3 aromatic carbocycles. The summed E-state index contributed by atoms with van der Waals surface area (Å²) in [4.78, 5) is 0. The van der Waals surface area contributed by atoms with Crippen LogP contribution >= 0.6 is 11.8 Å². The second kappa shape index (κ2) is 10.8. The van der Waals surface area contributed by atoms with E-state index >= 15 is 0 Å². The predicted octanol–water partition coefficient (Wildman–Crippen LogP) is 5.00. The Hall–Kier alpha value is -3.29. The van der Waals surface area contributed by atoms with Gasteiger partial charge in [0.05, 0.1) is 12.8 Å². The summed E-state index contributed by atoms with van der Waals surface area (Å²) < 4.78 is 13.8. The topological polar surface area (TPSA) is 69.4 Å². The predicted molar refractivity (Wildman–Crippen MR) is 127 cm³/mol. The quantitative estimate of drug-likeness (QED) is 0.273. The fourth-order valence-corrected chi connectivity index (χ4v) is 4.25. The third kappa shape index (κ3) is 4.95. The average molecular weight is 448 g/mol. The van der Waals surface area contributed by atoms with Crippen molar-refractivity contribution < 1.29 is 14.6 Å². The molecule has 7 heteroatoms. The molecule has 4 rings (SSSR count). The summed E-state index contributed by atoms with van der Waals surface area (Å²) in [7, 11) is 1.65. The van der Waals surface area contributed by atoms with Crippen molar-refractivity contribution in [3.63, 3.8) is 0 Å². The zero-order chi connectivity index (χ0) is 22.2. The van der Waals surface area contributed by atoms with Gasteiger partial charge < -0.3 is 14.6 Å². The number of aromatic nitrogens is 3. The van der Waals surface area contributed by atoms with Crippen molar-refractivity contribution in [1.29, 1.82) is 0 Å². The molecule has 0 bridgehead atoms. The Morgan fingerprint density at radius 2 is 1.59 bits per heavy atom. The zero-order valence-electron chi connectivity index (χ0n) is 17.8. The van der Waals surface area contributed by atoms with Gasteiger partial charge in [-0.05, 0) is 30.2 Å². The second-order valence-corrected chi connectivity index (χ2v) is 8.04. The van der Waals surface area contributed by atoms with E-state index in [9.17, 15) is 0 Å². The summed E-state index contributed by atoms with van der Waals surface area (Å²) in [5.74, 6) is 2.91. The molecule has 4 aromatic rings. The molecule has 0 aliphatic rings. The van der Waals surface area contributed by atoms with Crippen LogP contribution in [-0.2, 0) is 6.61 Å². The van der Waals surface area contributed by atoms with Crippen molar-refractivity contribution >= 4 is 11.8 Å². The summed E-state index contributed by atoms with van der Waals surface area (Å²) >= 11 is 1.55. The summed E-state index contributed by atoms with van der Waals surface area (Å²) in [6.07, 6.45) is 0.680. The SMILES string of the molecule is COc1ccccc1-n1c(COc2ccccc2-c2ccccc2)nnc1SCCCO. The van der Waals surface area contributed by atoms with Crippen LogP contribution in [0.15, 0.2) is 84.0 Å². The van der Waals surface area contributed by atoms with Crippen LogP contribution in [0.2, 0.25) is 0 Å². The fourth-order valence-electron chi connectivity index (χ4n) is 3.36. The third-order valence-electron chi connectivity index (χ3n) is 4.89. The third-order valence-corrected chi connectivity index (χ3v) is 5.90. The summed E-state index contributed by atoms with van der Waals surface area (Å²) in [6.45, 7) is 0.386. The van der Waals surface area contributed by atoms with Gasteiger partial charge in [0.1, 0.15) is 18.1 Å². The van der Waals surface area contributed by atoms with Crippen molar-refractivity contribution in [3.8, 4) is 28.3 Å². The zero-order valence-corrected chi connectivity index (χ0v) is 18.7. The van der Waals surface area contributed by atoms with Gasteiger partial charge in [0.2, 0.25) is 0 Å². The minimum atomic E-state index is 0.141. The summed E-state index contributed by atoms with van der Waals surface area (Å²) in [5, 5.41) is 18.7. The number of hydrogen-bond acceptors (Lipinski definition) is 6. The number of benzene rings is 3. The van der Waals surface area contributed by atoms with Gasteiger partial charge >= 0.3 is 0 Å². The summed E-state index contributed by atoms with van der Waals surface area (Å²) in [5.41, 5.74) is 2.96. The number of para-hydroxylation sites is 3. The largest absolute Gasteiger partial charge is 0.495 e. The second-order valence-electron chi connectivity index (χ2n) is 6.98. The normalized spacial score (nSPS) is 10.8. The van der Waals surface area contributed by atoms with Crippen LogP contribution in [0.3, 0.4) is 0 Å². The number of ether oxygens (including phenoxy) is 2. The number of thioether (sulfide) groups is 1. The van der Waals surface area contributed by atoms with Gasteiger partial charge in [-0.25, -0.2) is 0 Å². The molecule has 0 saturated heterocycles. The van der Waals surface area contributed by atoms with Crippen LogP contribution in [0, 0.1) is 0 Å². The number of methoxy groups -OCH3 is 1. The lowest BCUT2D eigenvalue weighted by atomic mass is 10.1. The van der Waals surface area contributed by atoms with E-state index in [4.69, 9.17) is 14.6 Å². The number of aliphatic hydroxyl groups excluding tert-OH is 1. The molecule has 1 aromatic heterocycles. The standard InChI is InChI=1S/C25H25N3O3S/c1-30-23-15-8-6-13-21(23)28-24(26-27-25(28)32-17-9-16-29)18-31-22-14-7-5-12-20(22)19-10-3-2-4-11-19/h2-8,10-15,29H,9,16-18H2,1H3. The highest BCUT2D eigenvalue weighted by molar-refractivity contribution is 7.99. The number of aliphatic hydroxyl groups is 1. The highest BCUT2D eigenvalue weighted by Crippen LogP contribution is 2.32. The van der Waals surface area contributed by atoms with E-state index < -0.39 is 0 Å². The molecule has 1 N–H and O–H groups in total. The molecule has 0 radical (unpaired) electrons. The lowest BCUT2D eigenvalue weighted by Gasteiger charge is -2.15. The van der Waals surface area contributed by atoms with E-state index in [2.05, 4.69) is 22.3 Å². The first-order valence-corrected chi connectivity index (χ1v) is 11.4. The Bertz CT molecular complexity index is 1150. The van der Waals surface area contributed by atoms with Crippen molar-refractivity contribution in [1.82, 2.24) is 14.8 Å². The fraction of sp³-hybridized carbons (Fsp3) is 0.200. The first kappa shape index (κ1) is 21.9. The van der Waals surface area contributed by atoms with Crippen LogP contribution in [-0.4, -0.2) is 39.3 Å². The van der Waals surface area contributed by atoms with E-state index in [0.29, 0.717) is 12.2 Å². The molecule has 6 nitrogen and oxygen atoms in total. The summed E-state index contributed by atoms with van der Waals surface area (Å²) in [6, 6.07) is 25.9. The maximum absolute atomic E-state index is 9.15. The Balaban J connectivity index is 1.65. The first-order chi connectivity index (χ1) is 15.8. The minimum absolute atomic E-state index is 0.141. The molecule has 0 saturated carbocycles. The van der Waals surface area contributed by atoms with Crippen LogP contribution in [0.5, 0.6) is 11.5 Å². The van der Waals surface area contributed by atoms with Gasteiger partial charge in [-0.15, -0.1) is 10.2 Å².